The van der Waals surface area contributed by atoms with Crippen molar-refractivity contribution in [1.29, 1.82) is 0 Å². The maximum atomic E-state index is 14.1. The van der Waals surface area contributed by atoms with E-state index in [-0.39, 0.29) is 0 Å². The van der Waals surface area contributed by atoms with Crippen LogP contribution < -0.4 is 15.1 Å². The van der Waals surface area contributed by atoms with Crippen LogP contribution in [0.5, 0.6) is 0 Å². The molecule has 0 bridgehead atoms. The number of hydrogen-bond donors (Lipinski definition) is 1. The molecular weight excluding hydrogens is 458 g/mol. The smallest absolute Gasteiger partial charge is 0.306 e. The number of amides is 4. The minimum atomic E-state index is -1.28. The van der Waals surface area contributed by atoms with E-state index in [1.54, 1.807) is 41.3 Å². The molecule has 172 valence electrons. The van der Waals surface area contributed by atoms with E-state index in [0.717, 1.165) is 16.0 Å². The van der Waals surface area contributed by atoms with Gasteiger partial charge in [0.15, 0.2) is 5.66 Å². The van der Waals surface area contributed by atoms with E-state index in [2.05, 4.69) is 5.32 Å². The number of imide groups is 1. The van der Waals surface area contributed by atoms with Crippen LogP contribution in [-0.2, 0) is 5.66 Å². The lowest BCUT2D eigenvalue weighted by Gasteiger charge is -2.48. The first-order valence-corrected chi connectivity index (χ1v) is 11.5. The molecule has 0 saturated carbocycles. The van der Waals surface area contributed by atoms with Crippen molar-refractivity contribution >= 4 is 41.1 Å². The summed E-state index contributed by atoms with van der Waals surface area (Å²) in [6.07, 6.45) is 3.72. The van der Waals surface area contributed by atoms with Gasteiger partial charge in [0.2, 0.25) is 0 Å². The summed E-state index contributed by atoms with van der Waals surface area (Å²) < 4.78 is 0. The molecule has 5 nitrogen and oxygen atoms in total. The normalized spacial score (nSPS) is 18.1. The van der Waals surface area contributed by atoms with Crippen molar-refractivity contribution in [3.63, 3.8) is 0 Å². The topological polar surface area (TPSA) is 52.7 Å². The van der Waals surface area contributed by atoms with Crippen LogP contribution in [0.2, 0.25) is 5.02 Å². The van der Waals surface area contributed by atoms with Crippen molar-refractivity contribution < 1.29 is 9.59 Å². The van der Waals surface area contributed by atoms with Crippen LogP contribution in [0, 0.1) is 0 Å². The fourth-order valence-electron chi connectivity index (χ4n) is 4.21. The van der Waals surface area contributed by atoms with E-state index in [0.29, 0.717) is 16.4 Å². The van der Waals surface area contributed by atoms with Crippen LogP contribution >= 0.6 is 11.6 Å². The van der Waals surface area contributed by atoms with Gasteiger partial charge in [-0.2, -0.15) is 0 Å². The molecule has 4 aromatic carbocycles. The Kier molecular flexibility index (Phi) is 6.08. The summed E-state index contributed by atoms with van der Waals surface area (Å²) in [6.45, 7) is 0. The Labute approximate surface area is 208 Å². The number of benzene rings is 4. The summed E-state index contributed by atoms with van der Waals surface area (Å²) in [7, 11) is 0. The van der Waals surface area contributed by atoms with Gasteiger partial charge in [0, 0.05) is 16.3 Å². The minimum absolute atomic E-state index is 0.462. The number of anilines is 2. The second-order valence-electron chi connectivity index (χ2n) is 8.07. The van der Waals surface area contributed by atoms with Gasteiger partial charge in [0.05, 0.1) is 5.69 Å². The van der Waals surface area contributed by atoms with Crippen LogP contribution in [0.4, 0.5) is 21.0 Å². The summed E-state index contributed by atoms with van der Waals surface area (Å²) >= 11 is 6.06. The molecule has 1 fully saturated rings. The van der Waals surface area contributed by atoms with Crippen molar-refractivity contribution in [3.05, 3.63) is 137 Å². The van der Waals surface area contributed by atoms with Crippen LogP contribution in [0.25, 0.3) is 6.08 Å². The van der Waals surface area contributed by atoms with Crippen molar-refractivity contribution in [3.8, 4) is 0 Å². The zero-order valence-electron chi connectivity index (χ0n) is 18.7. The quantitative estimate of drug-likeness (QED) is 0.333. The highest BCUT2D eigenvalue weighted by Gasteiger charge is 2.50. The number of halogens is 1. The highest BCUT2D eigenvalue weighted by atomic mass is 35.5. The van der Waals surface area contributed by atoms with Crippen LogP contribution in [-0.4, -0.2) is 12.1 Å². The van der Waals surface area contributed by atoms with Crippen LogP contribution in [0.15, 0.2) is 121 Å². The first kappa shape index (κ1) is 22.4. The summed E-state index contributed by atoms with van der Waals surface area (Å²) in [5.41, 5.74) is 1.47. The predicted molar refractivity (Wildman–Crippen MR) is 140 cm³/mol. The van der Waals surface area contributed by atoms with Gasteiger partial charge in [0.1, 0.15) is 0 Å². The fraction of sp³-hybridized carbons (Fsp3) is 0.0345. The van der Waals surface area contributed by atoms with Gasteiger partial charge in [0.25, 0.3) is 0 Å². The van der Waals surface area contributed by atoms with E-state index in [4.69, 9.17) is 11.6 Å². The number of carbonyl (C=O) groups is 2. The molecule has 1 saturated heterocycles. The van der Waals surface area contributed by atoms with Gasteiger partial charge < -0.3 is 5.32 Å². The molecule has 1 N–H and O–H groups in total. The molecule has 1 aliphatic rings. The van der Waals surface area contributed by atoms with Gasteiger partial charge >= 0.3 is 12.1 Å². The third kappa shape index (κ3) is 4.29. The summed E-state index contributed by atoms with van der Waals surface area (Å²) in [4.78, 5) is 30.4. The Balaban J connectivity index is 1.71. The Morgan fingerprint density at radius 1 is 0.686 bits per heavy atom. The number of nitrogens with one attached hydrogen (secondary N) is 1. The number of para-hydroxylation sites is 2. The molecule has 1 atom stereocenters. The standard InChI is InChI=1S/C29H22ClN3O2/c30-24-18-16-22(17-19-24)20-21-29(23-10-4-1-5-11-23)31-27(34)32(25-12-6-2-7-13-25)28(35)33(29)26-14-8-3-9-15-26/h1-21H,(H,31,34)/b21-20+. The average molecular weight is 480 g/mol. The molecule has 6 heteroatoms. The maximum absolute atomic E-state index is 14.1. The van der Waals surface area contributed by atoms with Gasteiger partial charge in [-0.3, -0.25) is 4.90 Å². The number of hydrogen-bond acceptors (Lipinski definition) is 2. The third-order valence-corrected chi connectivity index (χ3v) is 6.12. The zero-order valence-corrected chi connectivity index (χ0v) is 19.5. The number of carbonyl (C=O) groups excluding carboxylic acids is 2. The first-order chi connectivity index (χ1) is 17.1. The lowest BCUT2D eigenvalue weighted by atomic mass is 9.93. The molecule has 1 aliphatic heterocycles. The molecule has 0 spiro atoms. The second-order valence-corrected chi connectivity index (χ2v) is 8.51. The van der Waals surface area contributed by atoms with Gasteiger partial charge in [-0.1, -0.05) is 96.5 Å². The number of rotatable bonds is 5. The third-order valence-electron chi connectivity index (χ3n) is 5.87. The lowest BCUT2D eigenvalue weighted by Crippen LogP contribution is -2.70. The summed E-state index contributed by atoms with van der Waals surface area (Å²) in [5.74, 6) is 0. The number of nitrogens with zero attached hydrogens (tertiary/aromatic N) is 2. The van der Waals surface area contributed by atoms with Crippen molar-refractivity contribution in [2.45, 2.75) is 5.66 Å². The molecule has 5 rings (SSSR count). The number of urea groups is 2. The molecule has 1 heterocycles. The van der Waals surface area contributed by atoms with E-state index in [1.807, 2.05) is 91.0 Å². The molecule has 35 heavy (non-hydrogen) atoms. The van der Waals surface area contributed by atoms with E-state index >= 15 is 0 Å². The Bertz CT molecular complexity index is 1360. The molecule has 4 aromatic rings. The molecule has 0 radical (unpaired) electrons. The zero-order chi connectivity index (χ0) is 24.3. The largest absolute Gasteiger partial charge is 0.339 e. The van der Waals surface area contributed by atoms with Gasteiger partial charge in [-0.15, -0.1) is 0 Å². The first-order valence-electron chi connectivity index (χ1n) is 11.2. The summed E-state index contributed by atoms with van der Waals surface area (Å²) in [5, 5.41) is 3.76. The predicted octanol–water partition coefficient (Wildman–Crippen LogP) is 7.06. The Hall–Kier alpha value is -4.35. The monoisotopic (exact) mass is 479 g/mol. The van der Waals surface area contributed by atoms with Crippen molar-refractivity contribution in [1.82, 2.24) is 5.32 Å². The fourth-order valence-corrected chi connectivity index (χ4v) is 4.33. The highest BCUT2D eigenvalue weighted by Crippen LogP contribution is 2.38. The van der Waals surface area contributed by atoms with Crippen LogP contribution in [0.1, 0.15) is 11.1 Å². The molecule has 1 unspecified atom stereocenters. The van der Waals surface area contributed by atoms with Crippen molar-refractivity contribution in [2.75, 3.05) is 9.80 Å². The molecule has 4 amide bonds. The Morgan fingerprint density at radius 3 is 1.83 bits per heavy atom. The van der Waals surface area contributed by atoms with Crippen LogP contribution in [0.3, 0.4) is 0 Å². The molecule has 0 aliphatic carbocycles. The van der Waals surface area contributed by atoms with E-state index in [1.165, 1.54) is 0 Å². The SMILES string of the molecule is O=C1NC(/C=C/c2ccc(Cl)cc2)(c2ccccc2)N(c2ccccc2)C(=O)N1c1ccccc1. The maximum Gasteiger partial charge on any atom is 0.339 e. The molecule has 0 aromatic heterocycles. The average Bonchev–Trinajstić information content (AvgIpc) is 2.90. The summed E-state index contributed by atoms with van der Waals surface area (Å²) in [6, 6.07) is 34.1. The van der Waals surface area contributed by atoms with Gasteiger partial charge in [-0.25, -0.2) is 14.5 Å². The van der Waals surface area contributed by atoms with E-state index in [9.17, 15) is 9.59 Å². The highest BCUT2D eigenvalue weighted by molar-refractivity contribution is 6.30. The Morgan fingerprint density at radius 2 is 1.23 bits per heavy atom. The van der Waals surface area contributed by atoms with E-state index < -0.39 is 17.7 Å². The second kappa shape index (κ2) is 9.49. The van der Waals surface area contributed by atoms with Crippen molar-refractivity contribution in [2.24, 2.45) is 0 Å². The molecular formula is C29H22ClN3O2. The minimum Gasteiger partial charge on any atom is -0.306 e. The van der Waals surface area contributed by atoms with Gasteiger partial charge in [-0.05, 0) is 48.0 Å². The lowest BCUT2D eigenvalue weighted by molar-refractivity contribution is 0.215.